The Morgan fingerprint density at radius 1 is 1.42 bits per heavy atom. The fraction of sp³-hybridized carbons (Fsp3) is 0.571. The van der Waals surface area contributed by atoms with Crippen LogP contribution < -0.4 is 15.4 Å². The highest BCUT2D eigenvalue weighted by atomic mass is 16.5. The van der Waals surface area contributed by atoms with Crippen molar-refractivity contribution in [1.82, 2.24) is 15.6 Å². The molecule has 0 spiro atoms. The standard InChI is InChI=1S/C14H23N3O2/c1-4-15-8-12-5-6-13(9-16-12)19-10-14(18)17-7-11(2)3/h5-6,9,11,15H,4,7-8,10H2,1-3H3,(H,17,18). The molecule has 1 aromatic rings. The van der Waals surface area contributed by atoms with Gasteiger partial charge >= 0.3 is 0 Å². The van der Waals surface area contributed by atoms with Crippen LogP contribution in [-0.4, -0.2) is 30.6 Å². The van der Waals surface area contributed by atoms with Gasteiger partial charge in [-0.25, -0.2) is 0 Å². The summed E-state index contributed by atoms with van der Waals surface area (Å²) >= 11 is 0. The first-order valence-electron chi connectivity index (χ1n) is 6.67. The third-order valence-corrected chi connectivity index (χ3v) is 2.43. The molecule has 1 amide bonds. The average Bonchev–Trinajstić information content (AvgIpc) is 2.41. The molecule has 0 radical (unpaired) electrons. The zero-order valence-corrected chi connectivity index (χ0v) is 11.9. The third-order valence-electron chi connectivity index (χ3n) is 2.43. The molecule has 0 fully saturated rings. The Bertz CT molecular complexity index is 377. The molecular formula is C14H23N3O2. The molecular weight excluding hydrogens is 242 g/mol. The van der Waals surface area contributed by atoms with Crippen molar-refractivity contribution in [3.05, 3.63) is 24.0 Å². The van der Waals surface area contributed by atoms with Crippen LogP contribution in [0.1, 0.15) is 26.5 Å². The van der Waals surface area contributed by atoms with Crippen LogP contribution in [0.5, 0.6) is 5.75 Å². The molecule has 0 aromatic carbocycles. The first kappa shape index (κ1) is 15.4. The molecule has 1 aromatic heterocycles. The number of hydrogen-bond acceptors (Lipinski definition) is 4. The lowest BCUT2D eigenvalue weighted by atomic mass is 10.2. The van der Waals surface area contributed by atoms with Crippen molar-refractivity contribution in [2.75, 3.05) is 19.7 Å². The summed E-state index contributed by atoms with van der Waals surface area (Å²) in [5.74, 6) is 0.946. The molecule has 0 saturated carbocycles. The van der Waals surface area contributed by atoms with Gasteiger partial charge < -0.3 is 15.4 Å². The Labute approximate surface area is 114 Å². The molecule has 19 heavy (non-hydrogen) atoms. The van der Waals surface area contributed by atoms with E-state index in [1.165, 1.54) is 0 Å². The van der Waals surface area contributed by atoms with E-state index in [0.29, 0.717) is 18.2 Å². The molecule has 5 nitrogen and oxygen atoms in total. The van der Waals surface area contributed by atoms with Crippen LogP contribution >= 0.6 is 0 Å². The van der Waals surface area contributed by atoms with E-state index in [1.54, 1.807) is 6.20 Å². The van der Waals surface area contributed by atoms with Gasteiger partial charge in [0.05, 0.1) is 11.9 Å². The van der Waals surface area contributed by atoms with Crippen molar-refractivity contribution < 1.29 is 9.53 Å². The summed E-state index contributed by atoms with van der Waals surface area (Å²) < 4.78 is 5.36. The van der Waals surface area contributed by atoms with Crippen molar-refractivity contribution in [3.8, 4) is 5.75 Å². The molecule has 2 N–H and O–H groups in total. The Kier molecular flexibility index (Phi) is 6.89. The summed E-state index contributed by atoms with van der Waals surface area (Å²) in [6.45, 7) is 8.50. The number of amides is 1. The van der Waals surface area contributed by atoms with Crippen LogP contribution in [0.25, 0.3) is 0 Å². The summed E-state index contributed by atoms with van der Waals surface area (Å²) in [7, 11) is 0. The Balaban J connectivity index is 2.31. The highest BCUT2D eigenvalue weighted by Gasteiger charge is 2.04. The van der Waals surface area contributed by atoms with Gasteiger partial charge in [0, 0.05) is 13.1 Å². The van der Waals surface area contributed by atoms with Crippen molar-refractivity contribution in [1.29, 1.82) is 0 Å². The van der Waals surface area contributed by atoms with Crippen LogP contribution in [0.15, 0.2) is 18.3 Å². The van der Waals surface area contributed by atoms with E-state index in [-0.39, 0.29) is 12.5 Å². The fourth-order valence-electron chi connectivity index (χ4n) is 1.37. The monoisotopic (exact) mass is 265 g/mol. The smallest absolute Gasteiger partial charge is 0.257 e. The van der Waals surface area contributed by atoms with Crippen LogP contribution in [-0.2, 0) is 11.3 Å². The van der Waals surface area contributed by atoms with Gasteiger partial charge in [-0.05, 0) is 24.6 Å². The van der Waals surface area contributed by atoms with Gasteiger partial charge in [-0.15, -0.1) is 0 Å². The summed E-state index contributed by atoms with van der Waals surface area (Å²) in [4.78, 5) is 15.7. The minimum absolute atomic E-state index is 0.0287. The average molecular weight is 265 g/mol. The predicted octanol–water partition coefficient (Wildman–Crippen LogP) is 1.34. The van der Waals surface area contributed by atoms with Crippen LogP contribution in [0.3, 0.4) is 0 Å². The zero-order chi connectivity index (χ0) is 14.1. The number of carbonyl (C=O) groups excluding carboxylic acids is 1. The maximum atomic E-state index is 11.5. The van der Waals surface area contributed by atoms with Crippen LogP contribution in [0.2, 0.25) is 0 Å². The predicted molar refractivity (Wildman–Crippen MR) is 75.0 cm³/mol. The molecule has 1 rings (SSSR count). The van der Waals surface area contributed by atoms with Crippen molar-refractivity contribution in [2.24, 2.45) is 5.92 Å². The molecule has 106 valence electrons. The molecule has 0 atom stereocenters. The van der Waals surface area contributed by atoms with Crippen LogP contribution in [0.4, 0.5) is 0 Å². The number of pyridine rings is 1. The molecule has 5 heteroatoms. The molecule has 0 bridgehead atoms. The van der Waals surface area contributed by atoms with E-state index in [0.717, 1.165) is 18.8 Å². The topological polar surface area (TPSA) is 63.2 Å². The molecule has 0 aliphatic heterocycles. The Morgan fingerprint density at radius 3 is 2.79 bits per heavy atom. The minimum atomic E-state index is -0.106. The first-order valence-corrected chi connectivity index (χ1v) is 6.67. The molecule has 1 heterocycles. The van der Waals surface area contributed by atoms with E-state index < -0.39 is 0 Å². The van der Waals surface area contributed by atoms with E-state index in [9.17, 15) is 4.79 Å². The maximum absolute atomic E-state index is 11.5. The maximum Gasteiger partial charge on any atom is 0.257 e. The largest absolute Gasteiger partial charge is 0.482 e. The van der Waals surface area contributed by atoms with Crippen molar-refractivity contribution in [3.63, 3.8) is 0 Å². The number of nitrogens with one attached hydrogen (secondary N) is 2. The van der Waals surface area contributed by atoms with Gasteiger partial charge in [-0.1, -0.05) is 20.8 Å². The minimum Gasteiger partial charge on any atom is -0.482 e. The van der Waals surface area contributed by atoms with E-state index in [4.69, 9.17) is 4.74 Å². The van der Waals surface area contributed by atoms with Crippen LogP contribution in [0, 0.1) is 5.92 Å². The lowest BCUT2D eigenvalue weighted by molar-refractivity contribution is -0.123. The second-order valence-electron chi connectivity index (χ2n) is 4.75. The lowest BCUT2D eigenvalue weighted by Gasteiger charge is -2.09. The number of rotatable bonds is 8. The molecule has 0 saturated heterocycles. The fourth-order valence-corrected chi connectivity index (χ4v) is 1.37. The van der Waals surface area contributed by atoms with Gasteiger partial charge in [0.25, 0.3) is 5.91 Å². The SMILES string of the molecule is CCNCc1ccc(OCC(=O)NCC(C)C)cn1. The third kappa shape index (κ3) is 6.76. The zero-order valence-electron chi connectivity index (χ0n) is 11.9. The van der Waals surface area contributed by atoms with E-state index in [2.05, 4.69) is 15.6 Å². The summed E-state index contributed by atoms with van der Waals surface area (Å²) in [5.41, 5.74) is 0.957. The number of nitrogens with zero attached hydrogens (tertiary/aromatic N) is 1. The number of aromatic nitrogens is 1. The van der Waals surface area contributed by atoms with Crippen molar-refractivity contribution >= 4 is 5.91 Å². The number of hydrogen-bond donors (Lipinski definition) is 2. The highest BCUT2D eigenvalue weighted by Crippen LogP contribution is 2.08. The second kappa shape index (κ2) is 8.48. The normalized spacial score (nSPS) is 10.5. The van der Waals surface area contributed by atoms with E-state index >= 15 is 0 Å². The van der Waals surface area contributed by atoms with Gasteiger partial charge in [0.1, 0.15) is 5.75 Å². The molecule has 0 aliphatic rings. The first-order chi connectivity index (χ1) is 9.11. The Morgan fingerprint density at radius 2 is 2.21 bits per heavy atom. The summed E-state index contributed by atoms with van der Waals surface area (Å²) in [6.07, 6.45) is 1.64. The van der Waals surface area contributed by atoms with Gasteiger partial charge in [-0.2, -0.15) is 0 Å². The second-order valence-corrected chi connectivity index (χ2v) is 4.75. The van der Waals surface area contributed by atoms with Gasteiger partial charge in [-0.3, -0.25) is 9.78 Å². The molecule has 0 unspecified atom stereocenters. The van der Waals surface area contributed by atoms with E-state index in [1.807, 2.05) is 32.9 Å². The van der Waals surface area contributed by atoms with Crippen molar-refractivity contribution in [2.45, 2.75) is 27.3 Å². The number of carbonyl (C=O) groups is 1. The number of ether oxygens (including phenoxy) is 1. The lowest BCUT2D eigenvalue weighted by Crippen LogP contribution is -2.31. The van der Waals surface area contributed by atoms with Gasteiger partial charge in [0.2, 0.25) is 0 Å². The molecule has 0 aliphatic carbocycles. The van der Waals surface area contributed by atoms with Gasteiger partial charge in [0.15, 0.2) is 6.61 Å². The highest BCUT2D eigenvalue weighted by molar-refractivity contribution is 5.77. The summed E-state index contributed by atoms with van der Waals surface area (Å²) in [5, 5.41) is 5.99. The summed E-state index contributed by atoms with van der Waals surface area (Å²) in [6, 6.07) is 3.72. The quantitative estimate of drug-likeness (QED) is 0.744. The Hall–Kier alpha value is -1.62.